The van der Waals surface area contributed by atoms with Gasteiger partial charge in [-0.15, -0.1) is 0 Å². The Balaban J connectivity index is 1.58. The second-order valence-electron chi connectivity index (χ2n) is 7.18. The molecule has 6 heteroatoms. The summed E-state index contributed by atoms with van der Waals surface area (Å²) >= 11 is 0. The molecule has 4 rings (SSSR count). The highest BCUT2D eigenvalue weighted by Gasteiger charge is 2.15. The lowest BCUT2D eigenvalue weighted by atomic mass is 10.0. The van der Waals surface area contributed by atoms with Gasteiger partial charge in [-0.2, -0.15) is 5.10 Å². The van der Waals surface area contributed by atoms with Crippen molar-refractivity contribution < 1.29 is 9.84 Å². The van der Waals surface area contributed by atoms with E-state index in [9.17, 15) is 5.11 Å². The van der Waals surface area contributed by atoms with Crippen LogP contribution in [0.3, 0.4) is 0 Å². The Morgan fingerprint density at radius 1 is 0.967 bits per heavy atom. The third kappa shape index (κ3) is 4.23. The topological polar surface area (TPSA) is 73.1 Å². The molecular weight excluding hydrogens is 376 g/mol. The van der Waals surface area contributed by atoms with Gasteiger partial charge >= 0.3 is 0 Å². The van der Waals surface area contributed by atoms with E-state index in [4.69, 9.17) is 4.74 Å². The molecule has 1 aromatic carbocycles. The first-order valence-electron chi connectivity index (χ1n) is 9.88. The molecule has 0 saturated carbocycles. The molecular formula is C24H24N4O2. The third-order valence-electron chi connectivity index (χ3n) is 4.97. The molecule has 6 nitrogen and oxygen atoms in total. The van der Waals surface area contributed by atoms with Crippen LogP contribution in [0.1, 0.15) is 16.8 Å². The minimum Gasteiger partial charge on any atom is -0.487 e. The zero-order valence-corrected chi connectivity index (χ0v) is 17.1. The summed E-state index contributed by atoms with van der Waals surface area (Å²) in [5, 5.41) is 13.9. The van der Waals surface area contributed by atoms with Crippen LogP contribution < -0.4 is 4.74 Å². The van der Waals surface area contributed by atoms with Crippen molar-refractivity contribution in [3.05, 3.63) is 84.1 Å². The number of aryl methyl sites for hydroxylation is 2. The van der Waals surface area contributed by atoms with Crippen molar-refractivity contribution in [2.45, 2.75) is 27.0 Å². The van der Waals surface area contributed by atoms with Crippen LogP contribution in [-0.2, 0) is 13.2 Å². The summed E-state index contributed by atoms with van der Waals surface area (Å²) in [5.41, 5.74) is 7.20. The molecule has 4 aromatic rings. The first-order valence-corrected chi connectivity index (χ1v) is 9.88. The highest BCUT2D eigenvalue weighted by Crippen LogP contribution is 2.32. The summed E-state index contributed by atoms with van der Waals surface area (Å²) < 4.78 is 7.77. The minimum atomic E-state index is 0.0224. The molecule has 0 fully saturated rings. The number of aliphatic hydroxyl groups excluding tert-OH is 1. The monoisotopic (exact) mass is 400 g/mol. The number of nitrogens with zero attached hydrogens (tertiary/aromatic N) is 4. The average Bonchev–Trinajstić information content (AvgIpc) is 3.18. The molecule has 0 unspecified atom stereocenters. The van der Waals surface area contributed by atoms with E-state index in [2.05, 4.69) is 21.1 Å². The molecule has 0 radical (unpaired) electrons. The zero-order chi connectivity index (χ0) is 20.9. The highest BCUT2D eigenvalue weighted by atomic mass is 16.5. The summed E-state index contributed by atoms with van der Waals surface area (Å²) in [6, 6.07) is 14.0. The van der Waals surface area contributed by atoms with Gasteiger partial charge in [0, 0.05) is 29.7 Å². The molecule has 0 aliphatic carbocycles. The number of aromatic nitrogens is 4. The van der Waals surface area contributed by atoms with E-state index in [0.29, 0.717) is 13.2 Å². The predicted octanol–water partition coefficient (Wildman–Crippen LogP) is 4.20. The van der Waals surface area contributed by atoms with E-state index in [1.165, 1.54) is 0 Å². The molecule has 0 saturated heterocycles. The Kier molecular flexibility index (Phi) is 5.86. The molecule has 152 valence electrons. The summed E-state index contributed by atoms with van der Waals surface area (Å²) in [5.74, 6) is 0.777. The maximum Gasteiger partial charge on any atom is 0.130 e. The molecule has 3 heterocycles. The lowest BCUT2D eigenvalue weighted by Gasteiger charge is -2.12. The van der Waals surface area contributed by atoms with Gasteiger partial charge < -0.3 is 9.84 Å². The van der Waals surface area contributed by atoms with Crippen molar-refractivity contribution in [1.29, 1.82) is 0 Å². The largest absolute Gasteiger partial charge is 0.487 e. The fourth-order valence-electron chi connectivity index (χ4n) is 3.45. The van der Waals surface area contributed by atoms with Gasteiger partial charge in [0.2, 0.25) is 0 Å². The number of rotatable bonds is 7. The number of aliphatic hydroxyl groups is 1. The Labute approximate surface area is 175 Å². The number of benzene rings is 1. The third-order valence-corrected chi connectivity index (χ3v) is 4.97. The van der Waals surface area contributed by atoms with E-state index in [1.54, 1.807) is 12.4 Å². The summed E-state index contributed by atoms with van der Waals surface area (Å²) in [7, 11) is 0. The van der Waals surface area contributed by atoms with E-state index in [-0.39, 0.29) is 6.61 Å². The molecule has 0 bridgehead atoms. The lowest BCUT2D eigenvalue weighted by Crippen LogP contribution is -2.06. The SMILES string of the molecule is Cc1cnc(COc2ccc(-c3c(-c4ccncc4)cnn3CCO)cc2)c(C)c1. The van der Waals surface area contributed by atoms with Crippen LogP contribution in [-0.4, -0.2) is 31.5 Å². The Hall–Kier alpha value is -3.51. The van der Waals surface area contributed by atoms with Crippen LogP contribution in [0.4, 0.5) is 0 Å². The normalized spacial score (nSPS) is 10.9. The van der Waals surface area contributed by atoms with Gasteiger partial charge in [-0.05, 0) is 66.9 Å². The maximum atomic E-state index is 9.44. The highest BCUT2D eigenvalue weighted by molar-refractivity contribution is 5.80. The summed E-state index contributed by atoms with van der Waals surface area (Å²) in [4.78, 5) is 8.56. The summed E-state index contributed by atoms with van der Waals surface area (Å²) in [6.07, 6.45) is 7.22. The van der Waals surface area contributed by atoms with Crippen molar-refractivity contribution in [2.24, 2.45) is 0 Å². The van der Waals surface area contributed by atoms with Gasteiger partial charge in [0.1, 0.15) is 12.4 Å². The number of hydrogen-bond donors (Lipinski definition) is 1. The van der Waals surface area contributed by atoms with Gasteiger partial charge in [0.05, 0.1) is 30.7 Å². The molecule has 0 aliphatic heterocycles. The first kappa shape index (κ1) is 19.8. The van der Waals surface area contributed by atoms with Gasteiger partial charge in [-0.25, -0.2) is 0 Å². The van der Waals surface area contributed by atoms with Crippen molar-refractivity contribution in [1.82, 2.24) is 19.7 Å². The minimum absolute atomic E-state index is 0.0224. The fourth-order valence-corrected chi connectivity index (χ4v) is 3.45. The average molecular weight is 400 g/mol. The van der Waals surface area contributed by atoms with Crippen LogP contribution in [0.15, 0.2) is 67.3 Å². The van der Waals surface area contributed by atoms with Crippen molar-refractivity contribution in [2.75, 3.05) is 6.61 Å². The van der Waals surface area contributed by atoms with Gasteiger partial charge in [0.15, 0.2) is 0 Å². The first-order chi connectivity index (χ1) is 14.7. The zero-order valence-electron chi connectivity index (χ0n) is 17.1. The standard InChI is InChI=1S/C24H24N4O2/c1-17-13-18(2)23(26-14-17)16-30-21-5-3-20(4-6-21)24-22(15-27-28(24)11-12-29)19-7-9-25-10-8-19/h3-10,13-15,29H,11-12,16H2,1-2H3. The molecule has 1 N–H and O–H groups in total. The van der Waals surface area contributed by atoms with Crippen molar-refractivity contribution in [3.63, 3.8) is 0 Å². The van der Waals surface area contributed by atoms with Gasteiger partial charge in [-0.1, -0.05) is 6.07 Å². The molecule has 0 aliphatic rings. The van der Waals surface area contributed by atoms with Gasteiger partial charge in [-0.3, -0.25) is 14.6 Å². The van der Waals surface area contributed by atoms with Gasteiger partial charge in [0.25, 0.3) is 0 Å². The summed E-state index contributed by atoms with van der Waals surface area (Å²) in [6.45, 7) is 4.96. The fraction of sp³-hybridized carbons (Fsp3) is 0.208. The molecule has 3 aromatic heterocycles. The molecule has 0 spiro atoms. The van der Waals surface area contributed by atoms with Crippen LogP contribution in [0.25, 0.3) is 22.4 Å². The van der Waals surface area contributed by atoms with Crippen LogP contribution in [0.2, 0.25) is 0 Å². The predicted molar refractivity (Wildman–Crippen MR) is 116 cm³/mol. The van der Waals surface area contributed by atoms with E-state index in [0.717, 1.165) is 45.0 Å². The van der Waals surface area contributed by atoms with Crippen molar-refractivity contribution in [3.8, 4) is 28.1 Å². The second kappa shape index (κ2) is 8.88. The van der Waals surface area contributed by atoms with Crippen LogP contribution in [0.5, 0.6) is 5.75 Å². The quantitative estimate of drug-likeness (QED) is 0.503. The lowest BCUT2D eigenvalue weighted by molar-refractivity contribution is 0.270. The van der Waals surface area contributed by atoms with Crippen LogP contribution >= 0.6 is 0 Å². The molecule has 0 atom stereocenters. The number of pyridine rings is 2. The van der Waals surface area contributed by atoms with E-state index in [1.807, 2.05) is 67.3 Å². The maximum absolute atomic E-state index is 9.44. The Morgan fingerprint density at radius 2 is 1.73 bits per heavy atom. The van der Waals surface area contributed by atoms with Crippen molar-refractivity contribution >= 4 is 0 Å². The van der Waals surface area contributed by atoms with E-state index >= 15 is 0 Å². The Bertz CT molecular complexity index is 1120. The Morgan fingerprint density at radius 3 is 2.43 bits per heavy atom. The smallest absolute Gasteiger partial charge is 0.130 e. The molecule has 30 heavy (non-hydrogen) atoms. The van der Waals surface area contributed by atoms with Crippen LogP contribution in [0, 0.1) is 13.8 Å². The second-order valence-corrected chi connectivity index (χ2v) is 7.18. The number of ether oxygens (including phenoxy) is 1. The number of hydrogen-bond acceptors (Lipinski definition) is 5. The van der Waals surface area contributed by atoms with E-state index < -0.39 is 0 Å². The molecule has 0 amide bonds.